The van der Waals surface area contributed by atoms with Crippen molar-refractivity contribution in [3.63, 3.8) is 0 Å². The summed E-state index contributed by atoms with van der Waals surface area (Å²) in [6.45, 7) is 5.96. The number of esters is 1. The van der Waals surface area contributed by atoms with Crippen molar-refractivity contribution in [2.75, 3.05) is 58.3 Å². The van der Waals surface area contributed by atoms with Gasteiger partial charge in [-0.05, 0) is 55.9 Å². The number of halogens is 1. The lowest BCUT2D eigenvalue weighted by Gasteiger charge is -2.34. The first-order chi connectivity index (χ1) is 16.7. The van der Waals surface area contributed by atoms with Crippen LogP contribution in [-0.4, -0.2) is 78.2 Å². The van der Waals surface area contributed by atoms with Gasteiger partial charge in [0, 0.05) is 44.2 Å². The predicted octanol–water partition coefficient (Wildman–Crippen LogP) is 3.21. The Hall–Kier alpha value is -2.58. The molecule has 1 saturated heterocycles. The van der Waals surface area contributed by atoms with Crippen LogP contribution in [-0.2, 0) is 21.3 Å². The number of methoxy groups -OCH3 is 1. The number of carbonyl (C=O) groups is 1. The maximum absolute atomic E-state index is 13.6. The lowest BCUT2D eigenvalue weighted by atomic mass is 10.1. The molecule has 1 aliphatic rings. The Kier molecular flexibility index (Phi) is 9.19. The summed E-state index contributed by atoms with van der Waals surface area (Å²) in [7, 11) is 0.830. The molecule has 0 aromatic heterocycles. The molecule has 2 aromatic carbocycles. The number of rotatable bonds is 8. The fourth-order valence-electron chi connectivity index (χ4n) is 3.84. The van der Waals surface area contributed by atoms with E-state index in [4.69, 9.17) is 9.47 Å². The first-order valence-corrected chi connectivity index (χ1v) is 13.3. The van der Waals surface area contributed by atoms with Crippen molar-refractivity contribution in [3.05, 3.63) is 52.0 Å². The molecule has 0 saturated carbocycles. The molecule has 3 rings (SSSR count). The number of piperazine rings is 1. The Morgan fingerprint density at radius 2 is 1.80 bits per heavy atom. The number of likely N-dealkylation sites (N-methyl/N-ethyl adjacent to an activating group) is 1. The summed E-state index contributed by atoms with van der Waals surface area (Å²) < 4.78 is 39.6. The Balaban J connectivity index is 2.00. The first-order valence-electron chi connectivity index (χ1n) is 11.1. The quantitative estimate of drug-likeness (QED) is 0.360. The Bertz CT molecular complexity index is 1210. The summed E-state index contributed by atoms with van der Waals surface area (Å²) in [5.41, 5.74) is 1.20. The summed E-state index contributed by atoms with van der Waals surface area (Å²) in [6.07, 6.45) is 0. The van der Waals surface area contributed by atoms with Crippen molar-refractivity contribution in [1.82, 2.24) is 9.80 Å². The second-order valence-electron chi connectivity index (χ2n) is 8.19. The van der Waals surface area contributed by atoms with E-state index in [-0.39, 0.29) is 17.1 Å². The van der Waals surface area contributed by atoms with Gasteiger partial charge in [-0.15, -0.1) is 5.92 Å². The molecule has 1 aliphatic heterocycles. The number of sulfonamides is 1. The molecule has 0 bridgehead atoms. The molecular weight excluding hydrogens is 534 g/mol. The van der Waals surface area contributed by atoms with Crippen LogP contribution in [0, 0.1) is 11.8 Å². The van der Waals surface area contributed by atoms with Crippen molar-refractivity contribution >= 4 is 37.6 Å². The van der Waals surface area contributed by atoms with Crippen molar-refractivity contribution in [1.29, 1.82) is 0 Å². The molecule has 10 heteroatoms. The van der Waals surface area contributed by atoms with Crippen molar-refractivity contribution < 1.29 is 22.7 Å². The molecule has 1 heterocycles. The fourth-order valence-corrected chi connectivity index (χ4v) is 5.60. The first kappa shape index (κ1) is 27.0. The topological polar surface area (TPSA) is 79.4 Å². The van der Waals surface area contributed by atoms with Gasteiger partial charge >= 0.3 is 5.97 Å². The van der Waals surface area contributed by atoms with E-state index in [1.165, 1.54) is 26.3 Å². The van der Waals surface area contributed by atoms with Crippen LogP contribution in [0.1, 0.15) is 22.8 Å². The van der Waals surface area contributed by atoms with E-state index in [9.17, 15) is 13.2 Å². The Labute approximate surface area is 216 Å². The smallest absolute Gasteiger partial charge is 0.340 e. The van der Waals surface area contributed by atoms with Gasteiger partial charge in [-0.3, -0.25) is 9.21 Å². The summed E-state index contributed by atoms with van der Waals surface area (Å²) in [4.78, 5) is 17.3. The molecule has 0 spiro atoms. The number of benzene rings is 2. The van der Waals surface area contributed by atoms with Crippen LogP contribution in [0.25, 0.3) is 0 Å². The minimum absolute atomic E-state index is 0.0817. The standard InChI is InChI=1S/C25H30BrN3O5S/c1-5-6-15-34-21-7-9-22(10-8-21)35(31,32)28(3)24-19(18-29-13-11-27(2)12-14-29)16-20(26)17-23(24)25(30)33-4/h7-10,16-17H,11-15,18H2,1-4H3. The predicted molar refractivity (Wildman–Crippen MR) is 139 cm³/mol. The van der Waals surface area contributed by atoms with E-state index in [1.54, 1.807) is 25.1 Å². The van der Waals surface area contributed by atoms with Crippen LogP contribution >= 0.6 is 15.9 Å². The Morgan fingerprint density at radius 1 is 1.14 bits per heavy atom. The maximum atomic E-state index is 13.6. The number of carbonyl (C=O) groups excluding carboxylic acids is 1. The number of hydrogen-bond donors (Lipinski definition) is 0. The van der Waals surface area contributed by atoms with Gasteiger partial charge in [-0.2, -0.15) is 0 Å². The van der Waals surface area contributed by atoms with Gasteiger partial charge in [0.1, 0.15) is 12.4 Å². The highest BCUT2D eigenvalue weighted by Crippen LogP contribution is 2.34. The fraction of sp³-hybridized carbons (Fsp3) is 0.400. The second-order valence-corrected chi connectivity index (χ2v) is 11.1. The zero-order valence-corrected chi connectivity index (χ0v) is 22.8. The minimum atomic E-state index is -3.98. The molecule has 2 aromatic rings. The number of nitrogens with zero attached hydrogens (tertiary/aromatic N) is 3. The lowest BCUT2D eigenvalue weighted by Crippen LogP contribution is -2.44. The van der Waals surface area contributed by atoms with E-state index in [0.29, 0.717) is 28.0 Å². The van der Waals surface area contributed by atoms with E-state index in [0.717, 1.165) is 30.5 Å². The van der Waals surface area contributed by atoms with Crippen LogP contribution in [0.4, 0.5) is 5.69 Å². The molecule has 0 atom stereocenters. The maximum Gasteiger partial charge on any atom is 0.340 e. The van der Waals surface area contributed by atoms with Crippen molar-refractivity contribution in [3.8, 4) is 17.6 Å². The molecular formula is C25H30BrN3O5S. The largest absolute Gasteiger partial charge is 0.481 e. The molecule has 8 nitrogen and oxygen atoms in total. The molecule has 0 aliphatic carbocycles. The molecule has 0 radical (unpaired) electrons. The second kappa shape index (κ2) is 11.9. The third-order valence-corrected chi connectivity index (χ3v) is 8.06. The SMILES string of the molecule is CC#CCOc1ccc(S(=O)(=O)N(C)c2c(CN3CCN(C)CC3)cc(Br)cc2C(=O)OC)cc1. The highest BCUT2D eigenvalue weighted by Gasteiger charge is 2.29. The van der Waals surface area contributed by atoms with E-state index < -0.39 is 16.0 Å². The van der Waals surface area contributed by atoms with E-state index in [1.807, 2.05) is 6.07 Å². The minimum Gasteiger partial charge on any atom is -0.481 e. The van der Waals surface area contributed by atoms with Gasteiger partial charge in [0.05, 0.1) is 23.3 Å². The van der Waals surface area contributed by atoms with Gasteiger partial charge in [-0.25, -0.2) is 13.2 Å². The average molecular weight is 565 g/mol. The number of ether oxygens (including phenoxy) is 2. The van der Waals surface area contributed by atoms with Crippen molar-refractivity contribution in [2.45, 2.75) is 18.4 Å². The summed E-state index contributed by atoms with van der Waals surface area (Å²) in [6, 6.07) is 9.59. The van der Waals surface area contributed by atoms with Crippen LogP contribution in [0.15, 0.2) is 45.8 Å². The van der Waals surface area contributed by atoms with Crippen LogP contribution < -0.4 is 9.04 Å². The van der Waals surface area contributed by atoms with Crippen LogP contribution in [0.3, 0.4) is 0 Å². The van der Waals surface area contributed by atoms with E-state index in [2.05, 4.69) is 44.6 Å². The third-order valence-electron chi connectivity index (χ3n) is 5.83. The molecule has 35 heavy (non-hydrogen) atoms. The van der Waals surface area contributed by atoms with Gasteiger partial charge in [0.25, 0.3) is 10.0 Å². The summed E-state index contributed by atoms with van der Waals surface area (Å²) in [5.74, 6) is 5.45. The van der Waals surface area contributed by atoms with Crippen LogP contribution in [0.5, 0.6) is 5.75 Å². The normalized spacial score (nSPS) is 14.7. The number of anilines is 1. The molecule has 0 N–H and O–H groups in total. The lowest BCUT2D eigenvalue weighted by molar-refractivity contribution is 0.0601. The Morgan fingerprint density at radius 3 is 2.40 bits per heavy atom. The zero-order valence-electron chi connectivity index (χ0n) is 20.4. The van der Waals surface area contributed by atoms with Crippen molar-refractivity contribution in [2.24, 2.45) is 0 Å². The molecule has 188 valence electrons. The van der Waals surface area contributed by atoms with Gasteiger partial charge in [0.15, 0.2) is 0 Å². The average Bonchev–Trinajstić information content (AvgIpc) is 2.84. The zero-order chi connectivity index (χ0) is 25.6. The number of hydrogen-bond acceptors (Lipinski definition) is 7. The summed E-state index contributed by atoms with van der Waals surface area (Å²) >= 11 is 3.47. The monoisotopic (exact) mass is 563 g/mol. The van der Waals surface area contributed by atoms with Gasteiger partial charge in [-0.1, -0.05) is 21.9 Å². The highest BCUT2D eigenvalue weighted by atomic mass is 79.9. The molecule has 0 unspecified atom stereocenters. The van der Waals surface area contributed by atoms with E-state index >= 15 is 0 Å². The molecule has 0 amide bonds. The summed E-state index contributed by atoms with van der Waals surface area (Å²) in [5, 5.41) is 0. The van der Waals surface area contributed by atoms with Gasteiger partial charge in [0.2, 0.25) is 0 Å². The molecule has 1 fully saturated rings. The third kappa shape index (κ3) is 6.55. The van der Waals surface area contributed by atoms with Gasteiger partial charge < -0.3 is 14.4 Å². The van der Waals surface area contributed by atoms with Crippen LogP contribution in [0.2, 0.25) is 0 Å². The highest BCUT2D eigenvalue weighted by molar-refractivity contribution is 9.10.